The van der Waals surface area contributed by atoms with Gasteiger partial charge >= 0.3 is 0 Å². The number of rotatable bonds is 6. The fourth-order valence-electron chi connectivity index (χ4n) is 1.77. The van der Waals surface area contributed by atoms with Crippen LogP contribution in [0.2, 0.25) is 0 Å². The van der Waals surface area contributed by atoms with Crippen molar-refractivity contribution in [3.63, 3.8) is 0 Å². The summed E-state index contributed by atoms with van der Waals surface area (Å²) in [4.78, 5) is 2.11. The Labute approximate surface area is 102 Å². The summed E-state index contributed by atoms with van der Waals surface area (Å²) in [5, 5.41) is 3.34. The number of likely N-dealkylation sites (N-methyl/N-ethyl adjacent to an activating group) is 1. The molecule has 0 heterocycles. The molecule has 0 amide bonds. The second-order valence-electron chi connectivity index (χ2n) is 4.62. The van der Waals surface area contributed by atoms with Crippen molar-refractivity contribution >= 4 is 0 Å². The molecular weight excluding hydrogens is 222 g/mol. The Bertz CT molecular complexity index is 353. The lowest BCUT2D eigenvalue weighted by Gasteiger charge is -2.18. The zero-order chi connectivity index (χ0) is 12.8. The average molecular weight is 242 g/mol. The van der Waals surface area contributed by atoms with Crippen LogP contribution in [0, 0.1) is 11.6 Å². The molecule has 0 bridgehead atoms. The van der Waals surface area contributed by atoms with E-state index in [-0.39, 0.29) is 0 Å². The second kappa shape index (κ2) is 6.67. The minimum Gasteiger partial charge on any atom is -0.313 e. The van der Waals surface area contributed by atoms with Gasteiger partial charge in [0.05, 0.1) is 0 Å². The number of halogens is 2. The standard InChI is InChI=1S/C13H20F2N2/c1-10(9-17(2)3)16-7-6-11-4-5-12(14)13(15)8-11/h4-5,8,10,16H,6-7,9H2,1-3H3. The Morgan fingerprint density at radius 1 is 1.24 bits per heavy atom. The Kier molecular flexibility index (Phi) is 5.51. The van der Waals surface area contributed by atoms with Gasteiger partial charge in [-0.2, -0.15) is 0 Å². The highest BCUT2D eigenvalue weighted by molar-refractivity contribution is 5.18. The molecule has 4 heteroatoms. The molecule has 1 aromatic carbocycles. The maximum absolute atomic E-state index is 12.9. The molecule has 1 aromatic rings. The molecule has 0 saturated heterocycles. The van der Waals surface area contributed by atoms with Gasteiger partial charge in [0, 0.05) is 12.6 Å². The predicted molar refractivity (Wildman–Crippen MR) is 66.1 cm³/mol. The molecule has 0 aromatic heterocycles. The van der Waals surface area contributed by atoms with E-state index < -0.39 is 11.6 Å². The van der Waals surface area contributed by atoms with Crippen LogP contribution < -0.4 is 5.32 Å². The molecule has 0 spiro atoms. The minimum atomic E-state index is -0.789. The summed E-state index contributed by atoms with van der Waals surface area (Å²) in [6.07, 6.45) is 0.703. The second-order valence-corrected chi connectivity index (χ2v) is 4.62. The number of benzene rings is 1. The van der Waals surface area contributed by atoms with Gasteiger partial charge in [0.2, 0.25) is 0 Å². The third-order valence-corrected chi connectivity index (χ3v) is 2.53. The van der Waals surface area contributed by atoms with E-state index in [4.69, 9.17) is 0 Å². The smallest absolute Gasteiger partial charge is 0.159 e. The molecule has 0 fully saturated rings. The molecule has 17 heavy (non-hydrogen) atoms. The van der Waals surface area contributed by atoms with Gasteiger partial charge in [-0.05, 0) is 51.7 Å². The third-order valence-electron chi connectivity index (χ3n) is 2.53. The monoisotopic (exact) mass is 242 g/mol. The van der Waals surface area contributed by atoms with Gasteiger partial charge in [-0.3, -0.25) is 0 Å². The highest BCUT2D eigenvalue weighted by atomic mass is 19.2. The van der Waals surface area contributed by atoms with E-state index in [1.54, 1.807) is 6.07 Å². The molecule has 0 radical (unpaired) electrons. The predicted octanol–water partition coefficient (Wildman–Crippen LogP) is 2.05. The third kappa shape index (κ3) is 5.24. The van der Waals surface area contributed by atoms with Gasteiger partial charge in [-0.15, -0.1) is 0 Å². The number of hydrogen-bond acceptors (Lipinski definition) is 2. The van der Waals surface area contributed by atoms with Crippen LogP contribution in [0.3, 0.4) is 0 Å². The molecule has 1 N–H and O–H groups in total. The van der Waals surface area contributed by atoms with Crippen LogP contribution in [0.4, 0.5) is 8.78 Å². The molecule has 1 rings (SSSR count). The summed E-state index contributed by atoms with van der Waals surface area (Å²) in [7, 11) is 4.04. The summed E-state index contributed by atoms with van der Waals surface area (Å²) < 4.78 is 25.6. The molecular formula is C13H20F2N2. The average Bonchev–Trinajstić information content (AvgIpc) is 2.22. The van der Waals surface area contributed by atoms with Crippen LogP contribution in [0.15, 0.2) is 18.2 Å². The number of hydrogen-bond donors (Lipinski definition) is 1. The Morgan fingerprint density at radius 2 is 1.94 bits per heavy atom. The van der Waals surface area contributed by atoms with Crippen molar-refractivity contribution in [1.82, 2.24) is 10.2 Å². The fraction of sp³-hybridized carbons (Fsp3) is 0.538. The van der Waals surface area contributed by atoms with Crippen LogP contribution in [-0.4, -0.2) is 38.1 Å². The minimum absolute atomic E-state index is 0.385. The molecule has 2 nitrogen and oxygen atoms in total. The Balaban J connectivity index is 2.33. The van der Waals surface area contributed by atoms with Gasteiger partial charge in [0.25, 0.3) is 0 Å². The lowest BCUT2D eigenvalue weighted by Crippen LogP contribution is -2.36. The molecule has 0 aliphatic heterocycles. The zero-order valence-corrected chi connectivity index (χ0v) is 10.6. The maximum Gasteiger partial charge on any atom is 0.159 e. The van der Waals surface area contributed by atoms with Crippen molar-refractivity contribution in [3.8, 4) is 0 Å². The first kappa shape index (κ1) is 14.1. The van der Waals surface area contributed by atoms with E-state index in [9.17, 15) is 8.78 Å². The van der Waals surface area contributed by atoms with Crippen molar-refractivity contribution in [3.05, 3.63) is 35.4 Å². The summed E-state index contributed by atoms with van der Waals surface area (Å²) in [6.45, 7) is 3.82. The van der Waals surface area contributed by atoms with Crippen LogP contribution in [0.25, 0.3) is 0 Å². The van der Waals surface area contributed by atoms with Crippen molar-refractivity contribution in [2.45, 2.75) is 19.4 Å². The molecule has 96 valence electrons. The van der Waals surface area contributed by atoms with E-state index in [0.29, 0.717) is 12.5 Å². The van der Waals surface area contributed by atoms with E-state index >= 15 is 0 Å². The van der Waals surface area contributed by atoms with Crippen LogP contribution in [0.1, 0.15) is 12.5 Å². The van der Waals surface area contributed by atoms with Gasteiger partial charge in [0.1, 0.15) is 0 Å². The Hall–Kier alpha value is -1.00. The molecule has 0 aliphatic carbocycles. The number of nitrogens with one attached hydrogen (secondary N) is 1. The molecule has 0 saturated carbocycles. The fourth-order valence-corrected chi connectivity index (χ4v) is 1.77. The van der Waals surface area contributed by atoms with Crippen molar-refractivity contribution < 1.29 is 8.78 Å². The van der Waals surface area contributed by atoms with E-state index in [0.717, 1.165) is 18.7 Å². The van der Waals surface area contributed by atoms with Gasteiger partial charge < -0.3 is 10.2 Å². The topological polar surface area (TPSA) is 15.3 Å². The quantitative estimate of drug-likeness (QED) is 0.821. The summed E-state index contributed by atoms with van der Waals surface area (Å²) in [5.41, 5.74) is 0.813. The lowest BCUT2D eigenvalue weighted by molar-refractivity contribution is 0.351. The zero-order valence-electron chi connectivity index (χ0n) is 10.6. The van der Waals surface area contributed by atoms with E-state index in [2.05, 4.69) is 17.1 Å². The normalized spacial score (nSPS) is 13.1. The van der Waals surface area contributed by atoms with Gasteiger partial charge in [0.15, 0.2) is 11.6 Å². The van der Waals surface area contributed by atoms with E-state index in [1.807, 2.05) is 14.1 Å². The highest BCUT2D eigenvalue weighted by Gasteiger charge is 2.04. The summed E-state index contributed by atoms with van der Waals surface area (Å²) in [5.74, 6) is -1.56. The van der Waals surface area contributed by atoms with Crippen molar-refractivity contribution in [1.29, 1.82) is 0 Å². The van der Waals surface area contributed by atoms with E-state index in [1.165, 1.54) is 12.1 Å². The molecule has 1 atom stereocenters. The van der Waals surface area contributed by atoms with Crippen LogP contribution >= 0.6 is 0 Å². The number of nitrogens with zero attached hydrogens (tertiary/aromatic N) is 1. The van der Waals surface area contributed by atoms with Gasteiger partial charge in [-0.25, -0.2) is 8.78 Å². The Morgan fingerprint density at radius 3 is 2.53 bits per heavy atom. The summed E-state index contributed by atoms with van der Waals surface area (Å²) in [6, 6.07) is 4.44. The SMILES string of the molecule is CC(CN(C)C)NCCc1ccc(F)c(F)c1. The lowest BCUT2D eigenvalue weighted by atomic mass is 10.1. The first-order valence-corrected chi connectivity index (χ1v) is 5.81. The maximum atomic E-state index is 12.9. The first-order chi connectivity index (χ1) is 7.99. The highest BCUT2D eigenvalue weighted by Crippen LogP contribution is 2.08. The van der Waals surface area contributed by atoms with Crippen molar-refractivity contribution in [2.24, 2.45) is 0 Å². The summed E-state index contributed by atoms with van der Waals surface area (Å²) >= 11 is 0. The van der Waals surface area contributed by atoms with Crippen LogP contribution in [-0.2, 0) is 6.42 Å². The van der Waals surface area contributed by atoms with Crippen LogP contribution in [0.5, 0.6) is 0 Å². The van der Waals surface area contributed by atoms with Crippen molar-refractivity contribution in [2.75, 3.05) is 27.2 Å². The first-order valence-electron chi connectivity index (χ1n) is 5.81. The molecule has 1 unspecified atom stereocenters. The molecule has 0 aliphatic rings. The largest absolute Gasteiger partial charge is 0.313 e. The van der Waals surface area contributed by atoms with Gasteiger partial charge in [-0.1, -0.05) is 6.07 Å².